The molecule has 6 heteroatoms. The van der Waals surface area contributed by atoms with Crippen LogP contribution in [0.2, 0.25) is 0 Å². The van der Waals surface area contributed by atoms with Crippen LogP contribution in [0, 0.1) is 0 Å². The molecule has 0 saturated heterocycles. The average Bonchev–Trinajstić information content (AvgIpc) is 2.68. The van der Waals surface area contributed by atoms with Crippen LogP contribution in [0.1, 0.15) is 6.42 Å². The zero-order valence-corrected chi connectivity index (χ0v) is 15.1. The van der Waals surface area contributed by atoms with Crippen molar-refractivity contribution in [2.24, 2.45) is 0 Å². The van der Waals surface area contributed by atoms with Crippen molar-refractivity contribution in [2.75, 3.05) is 30.9 Å². The number of nitrogens with zero attached hydrogens (tertiary/aromatic N) is 1. The van der Waals surface area contributed by atoms with Gasteiger partial charge in [-0.3, -0.25) is 4.79 Å². The second-order valence-electron chi connectivity index (χ2n) is 5.06. The lowest BCUT2D eigenvalue weighted by atomic mass is 10.3. The van der Waals surface area contributed by atoms with Crippen LogP contribution in [0.4, 0.5) is 11.4 Å². The second-order valence-corrected chi connectivity index (χ2v) is 5.06. The molecule has 0 bridgehead atoms. The van der Waals surface area contributed by atoms with Crippen LogP contribution in [0.5, 0.6) is 0 Å². The summed E-state index contributed by atoms with van der Waals surface area (Å²) in [7, 11) is 3.80. The molecule has 0 heterocycles. The van der Waals surface area contributed by atoms with E-state index in [2.05, 4.69) is 11.9 Å². The highest BCUT2D eigenvalue weighted by atomic mass is 16.4. The van der Waals surface area contributed by atoms with Gasteiger partial charge in [0, 0.05) is 38.1 Å². The predicted molar refractivity (Wildman–Crippen MR) is 106 cm³/mol. The molecule has 0 fully saturated rings. The van der Waals surface area contributed by atoms with Gasteiger partial charge in [0.2, 0.25) is 0 Å². The van der Waals surface area contributed by atoms with Crippen LogP contribution in [0.25, 0.3) is 0 Å². The number of hydrogen-bond donors (Lipinski definition) is 3. The van der Waals surface area contributed by atoms with E-state index in [0.717, 1.165) is 17.5 Å². The third kappa shape index (κ3) is 12.2. The summed E-state index contributed by atoms with van der Waals surface area (Å²) in [6.45, 7) is 3.50. The molecule has 2 rings (SSSR count). The number of rotatable bonds is 6. The molecule has 0 unspecified atom stereocenters. The Balaban J connectivity index is 0.000000409. The summed E-state index contributed by atoms with van der Waals surface area (Å²) in [6, 6.07) is 19.8. The summed E-state index contributed by atoms with van der Waals surface area (Å²) in [5, 5.41) is 19.1. The van der Waals surface area contributed by atoms with Crippen molar-refractivity contribution in [2.45, 2.75) is 6.42 Å². The quantitative estimate of drug-likeness (QED) is 0.684. The van der Waals surface area contributed by atoms with Crippen LogP contribution in [-0.4, -0.2) is 42.8 Å². The average molecular weight is 358 g/mol. The molecule has 0 aromatic heterocycles. The van der Waals surface area contributed by atoms with E-state index < -0.39 is 11.9 Å². The van der Waals surface area contributed by atoms with Crippen molar-refractivity contribution < 1.29 is 19.8 Å². The number of carbonyl (C=O) groups is 2. The van der Waals surface area contributed by atoms with Crippen LogP contribution < -0.4 is 10.2 Å². The van der Waals surface area contributed by atoms with E-state index in [4.69, 9.17) is 10.2 Å². The molecule has 0 aliphatic rings. The van der Waals surface area contributed by atoms with Gasteiger partial charge in [-0.15, -0.1) is 0 Å². The summed E-state index contributed by atoms with van der Waals surface area (Å²) < 4.78 is 0. The van der Waals surface area contributed by atoms with Gasteiger partial charge < -0.3 is 20.4 Å². The molecule has 26 heavy (non-hydrogen) atoms. The van der Waals surface area contributed by atoms with Gasteiger partial charge in [-0.1, -0.05) is 43.0 Å². The molecule has 0 aliphatic heterocycles. The van der Waals surface area contributed by atoms with Gasteiger partial charge in [-0.25, -0.2) is 4.79 Å². The topological polar surface area (TPSA) is 89.9 Å². The summed E-state index contributed by atoms with van der Waals surface area (Å²) in [6.07, 6.45) is 1.01. The lowest BCUT2D eigenvalue weighted by Gasteiger charge is -2.17. The van der Waals surface area contributed by atoms with Crippen molar-refractivity contribution in [1.29, 1.82) is 0 Å². The Bertz CT molecular complexity index is 645. The first kappa shape index (κ1) is 22.7. The van der Waals surface area contributed by atoms with Gasteiger partial charge >= 0.3 is 11.9 Å². The molecule has 140 valence electrons. The summed E-state index contributed by atoms with van der Waals surface area (Å²) in [4.78, 5) is 21.5. The minimum Gasteiger partial charge on any atom is -0.481 e. The molecule has 0 radical (unpaired) electrons. The van der Waals surface area contributed by atoms with E-state index in [1.165, 1.54) is 0 Å². The van der Waals surface area contributed by atoms with Gasteiger partial charge in [-0.2, -0.15) is 0 Å². The fourth-order valence-corrected chi connectivity index (χ4v) is 1.68. The van der Waals surface area contributed by atoms with E-state index in [9.17, 15) is 9.59 Å². The smallest absolute Gasteiger partial charge is 0.327 e. The van der Waals surface area contributed by atoms with E-state index >= 15 is 0 Å². The molecule has 3 N–H and O–H groups in total. The number of anilines is 2. The molecule has 0 aliphatic carbocycles. The Hall–Kier alpha value is -3.28. The molecule has 2 aromatic rings. The first-order valence-electron chi connectivity index (χ1n) is 7.96. The zero-order chi connectivity index (χ0) is 19.8. The van der Waals surface area contributed by atoms with Crippen molar-refractivity contribution in [3.63, 3.8) is 0 Å². The fourth-order valence-electron chi connectivity index (χ4n) is 1.68. The monoisotopic (exact) mass is 358 g/mol. The Morgan fingerprint density at radius 2 is 1.50 bits per heavy atom. The molecule has 0 spiro atoms. The number of benzene rings is 2. The summed E-state index contributed by atoms with van der Waals surface area (Å²) in [5.74, 6) is -1.74. The van der Waals surface area contributed by atoms with Crippen molar-refractivity contribution in [1.82, 2.24) is 0 Å². The minimum atomic E-state index is -0.981. The number of carboxylic acid groups (broad SMARTS) is 2. The van der Waals surface area contributed by atoms with Crippen molar-refractivity contribution in [3.05, 3.63) is 73.3 Å². The summed E-state index contributed by atoms with van der Waals surface area (Å²) >= 11 is 0. The third-order valence-corrected chi connectivity index (χ3v) is 3.10. The SMILES string of the molecule is C=CC(=O)O.CN(CCC(=O)O)c1ccccc1.CNc1ccccc1. The largest absolute Gasteiger partial charge is 0.481 e. The second kappa shape index (κ2) is 14.1. The van der Waals surface area contributed by atoms with Crippen LogP contribution in [0.3, 0.4) is 0 Å². The summed E-state index contributed by atoms with van der Waals surface area (Å²) in [5.41, 5.74) is 2.20. The van der Waals surface area contributed by atoms with Crippen LogP contribution >= 0.6 is 0 Å². The molecule has 0 atom stereocenters. The zero-order valence-electron chi connectivity index (χ0n) is 15.1. The molecule has 0 saturated carbocycles. The number of para-hydroxylation sites is 2. The lowest BCUT2D eigenvalue weighted by molar-refractivity contribution is -0.136. The molecule has 6 nitrogen and oxygen atoms in total. The number of nitrogens with one attached hydrogen (secondary N) is 1. The normalized spacial score (nSPS) is 8.69. The Kier molecular flexibility index (Phi) is 12.3. The van der Waals surface area contributed by atoms with E-state index in [1.54, 1.807) is 0 Å². The van der Waals surface area contributed by atoms with Gasteiger partial charge in [0.05, 0.1) is 6.42 Å². The van der Waals surface area contributed by atoms with Gasteiger partial charge in [0.1, 0.15) is 0 Å². The highest BCUT2D eigenvalue weighted by Crippen LogP contribution is 2.10. The lowest BCUT2D eigenvalue weighted by Crippen LogP contribution is -2.20. The maximum atomic E-state index is 10.3. The Labute approximate surface area is 154 Å². The predicted octanol–water partition coefficient (Wildman–Crippen LogP) is 3.58. The van der Waals surface area contributed by atoms with E-state index in [0.29, 0.717) is 6.54 Å². The Morgan fingerprint density at radius 1 is 1.04 bits per heavy atom. The van der Waals surface area contributed by atoms with Crippen LogP contribution in [0.15, 0.2) is 73.3 Å². The van der Waals surface area contributed by atoms with Gasteiger partial charge in [-0.05, 0) is 24.3 Å². The highest BCUT2D eigenvalue weighted by Gasteiger charge is 2.02. The maximum absolute atomic E-state index is 10.3. The van der Waals surface area contributed by atoms with Crippen molar-refractivity contribution >= 4 is 23.3 Å². The third-order valence-electron chi connectivity index (χ3n) is 3.10. The molecule has 0 amide bonds. The number of hydrogen-bond acceptors (Lipinski definition) is 4. The first-order valence-corrected chi connectivity index (χ1v) is 7.96. The molecular formula is C20H26N2O4. The van der Waals surface area contributed by atoms with Crippen molar-refractivity contribution in [3.8, 4) is 0 Å². The van der Waals surface area contributed by atoms with Crippen LogP contribution in [-0.2, 0) is 9.59 Å². The Morgan fingerprint density at radius 3 is 1.85 bits per heavy atom. The molecular weight excluding hydrogens is 332 g/mol. The molecule has 2 aromatic carbocycles. The minimum absolute atomic E-state index is 0.172. The number of carboxylic acids is 2. The maximum Gasteiger partial charge on any atom is 0.327 e. The number of aliphatic carboxylic acids is 2. The highest BCUT2D eigenvalue weighted by molar-refractivity contribution is 5.78. The standard InChI is InChI=1S/C10H13NO2.C7H9N.C3H4O2/c1-11(8-7-10(12)13)9-5-3-2-4-6-9;1-8-7-5-3-2-4-6-7;1-2-3(4)5/h2-6H,7-8H2,1H3,(H,12,13);2-6,8H,1H3;2H,1H2,(H,4,5). The van der Waals surface area contributed by atoms with E-state index in [1.807, 2.05) is 79.7 Å². The van der Waals surface area contributed by atoms with E-state index in [-0.39, 0.29) is 6.42 Å². The van der Waals surface area contributed by atoms with Gasteiger partial charge in [0.25, 0.3) is 0 Å². The first-order chi connectivity index (χ1) is 12.4. The van der Waals surface area contributed by atoms with Gasteiger partial charge in [0.15, 0.2) is 0 Å². The fraction of sp³-hybridized carbons (Fsp3) is 0.200.